The van der Waals surface area contributed by atoms with Crippen LogP contribution in [0, 0.1) is 0 Å². The van der Waals surface area contributed by atoms with Gasteiger partial charge in [0.15, 0.2) is 0 Å². The summed E-state index contributed by atoms with van der Waals surface area (Å²) in [5, 5.41) is 7.04. The smallest absolute Gasteiger partial charge is 0.299 e. The number of carbonyl (C=O) groups excluding carboxylic acids is 3. The van der Waals surface area contributed by atoms with E-state index in [0.29, 0.717) is 22.2 Å². The lowest BCUT2D eigenvalue weighted by molar-refractivity contribution is -0.132. The van der Waals surface area contributed by atoms with E-state index in [1.165, 1.54) is 16.0 Å². The van der Waals surface area contributed by atoms with Crippen LogP contribution in [0.5, 0.6) is 0 Å². The molecule has 2 aliphatic heterocycles. The molecule has 0 fully saturated rings. The predicted molar refractivity (Wildman–Crippen MR) is 141 cm³/mol. The molecular weight excluding hydrogens is 499 g/mol. The van der Waals surface area contributed by atoms with Crippen molar-refractivity contribution in [2.24, 2.45) is 5.10 Å². The van der Waals surface area contributed by atoms with Gasteiger partial charge in [-0.25, -0.2) is 5.01 Å². The van der Waals surface area contributed by atoms with Crippen LogP contribution in [-0.4, -0.2) is 49.0 Å². The zero-order valence-electron chi connectivity index (χ0n) is 19.6. The number of anilines is 2. The van der Waals surface area contributed by atoms with Crippen molar-refractivity contribution >= 4 is 57.9 Å². The second kappa shape index (κ2) is 9.41. The lowest BCUT2D eigenvalue weighted by atomic mass is 9.98. The highest BCUT2D eigenvalue weighted by molar-refractivity contribution is 6.53. The van der Waals surface area contributed by atoms with Crippen LogP contribution in [0.3, 0.4) is 0 Å². The highest BCUT2D eigenvalue weighted by atomic mass is 35.5. The Hall–Kier alpha value is -3.68. The van der Waals surface area contributed by atoms with E-state index in [4.69, 9.17) is 23.2 Å². The van der Waals surface area contributed by atoms with Gasteiger partial charge in [-0.05, 0) is 53.6 Å². The number of halogens is 2. The summed E-state index contributed by atoms with van der Waals surface area (Å²) in [5.41, 5.74) is 4.11. The molecule has 9 heteroatoms. The largest absolute Gasteiger partial charge is 0.378 e. The van der Waals surface area contributed by atoms with E-state index < -0.39 is 17.6 Å². The number of Topliss-reactive ketones (excluding diaryl/α,β-unsaturated/α-hetero) is 1. The maximum absolute atomic E-state index is 13.6. The zero-order chi connectivity index (χ0) is 25.6. The summed E-state index contributed by atoms with van der Waals surface area (Å²) >= 11 is 12.1. The highest BCUT2D eigenvalue weighted by Gasteiger charge is 2.40. The van der Waals surface area contributed by atoms with Crippen molar-refractivity contribution in [1.29, 1.82) is 0 Å². The third kappa shape index (κ3) is 4.36. The van der Waals surface area contributed by atoms with Gasteiger partial charge in [-0.2, -0.15) is 5.10 Å². The monoisotopic (exact) mass is 520 g/mol. The van der Waals surface area contributed by atoms with Crippen LogP contribution in [0.1, 0.15) is 33.9 Å². The Bertz CT molecular complexity index is 1400. The molecular formula is C27H22Cl2N4O3. The van der Waals surface area contributed by atoms with Gasteiger partial charge < -0.3 is 4.90 Å². The van der Waals surface area contributed by atoms with Gasteiger partial charge in [0, 0.05) is 36.2 Å². The molecule has 3 aromatic rings. The zero-order valence-corrected chi connectivity index (χ0v) is 21.1. The third-order valence-corrected chi connectivity index (χ3v) is 6.85. The van der Waals surface area contributed by atoms with Crippen molar-refractivity contribution in [3.8, 4) is 0 Å². The fourth-order valence-electron chi connectivity index (χ4n) is 4.45. The minimum Gasteiger partial charge on any atom is -0.378 e. The van der Waals surface area contributed by atoms with Crippen LogP contribution in [-0.2, 0) is 9.59 Å². The van der Waals surface area contributed by atoms with Crippen molar-refractivity contribution in [1.82, 2.24) is 5.01 Å². The molecule has 0 radical (unpaired) electrons. The van der Waals surface area contributed by atoms with E-state index in [9.17, 15) is 14.4 Å². The number of hydrogen-bond acceptors (Lipinski definition) is 5. The lowest BCUT2D eigenvalue weighted by Crippen LogP contribution is -2.40. The van der Waals surface area contributed by atoms with Crippen molar-refractivity contribution in [3.05, 3.63) is 93.5 Å². The van der Waals surface area contributed by atoms with E-state index in [-0.39, 0.29) is 18.2 Å². The standard InChI is InChI=1S/C27H22Cl2N4O3/c1-31(2)20-10-5-17(6-11-20)24-14-22(16-3-7-18(28)8-4-16)30-33(24)25(34)15-32-23-12-9-19(29)13-21(23)26(35)27(32)36/h3-13,24H,14-15H2,1-2H3. The van der Waals surface area contributed by atoms with Crippen LogP contribution in [0.25, 0.3) is 0 Å². The van der Waals surface area contributed by atoms with E-state index in [1.54, 1.807) is 24.3 Å². The lowest BCUT2D eigenvalue weighted by Gasteiger charge is -2.25. The summed E-state index contributed by atoms with van der Waals surface area (Å²) in [6.07, 6.45) is 0.494. The Labute approximate surface area is 218 Å². The Morgan fingerprint density at radius 2 is 1.64 bits per heavy atom. The quantitative estimate of drug-likeness (QED) is 0.445. The molecule has 0 bridgehead atoms. The van der Waals surface area contributed by atoms with Crippen LogP contribution < -0.4 is 9.80 Å². The summed E-state index contributed by atoms with van der Waals surface area (Å²) in [6, 6.07) is 19.5. The molecule has 0 saturated carbocycles. The van der Waals surface area contributed by atoms with Gasteiger partial charge in [0.1, 0.15) is 6.54 Å². The molecule has 5 rings (SSSR count). The fourth-order valence-corrected chi connectivity index (χ4v) is 4.75. The average molecular weight is 521 g/mol. The minimum atomic E-state index is -0.756. The molecule has 36 heavy (non-hydrogen) atoms. The molecule has 0 spiro atoms. The molecule has 7 nitrogen and oxygen atoms in total. The topological polar surface area (TPSA) is 73.3 Å². The van der Waals surface area contributed by atoms with E-state index >= 15 is 0 Å². The number of carbonyl (C=O) groups is 3. The number of nitrogens with zero attached hydrogens (tertiary/aromatic N) is 4. The summed E-state index contributed by atoms with van der Waals surface area (Å²) < 4.78 is 0. The molecule has 3 aromatic carbocycles. The van der Waals surface area contributed by atoms with Gasteiger partial charge in [-0.3, -0.25) is 19.3 Å². The first-order valence-electron chi connectivity index (χ1n) is 11.3. The van der Waals surface area contributed by atoms with Crippen molar-refractivity contribution < 1.29 is 14.4 Å². The minimum absolute atomic E-state index is 0.197. The van der Waals surface area contributed by atoms with Gasteiger partial charge in [0.2, 0.25) is 0 Å². The Kier molecular flexibility index (Phi) is 6.28. The van der Waals surface area contributed by atoms with Crippen LogP contribution >= 0.6 is 23.2 Å². The Balaban J connectivity index is 1.47. The average Bonchev–Trinajstić information content (AvgIpc) is 3.41. The normalized spacial score (nSPS) is 16.9. The number of hydrazone groups is 1. The SMILES string of the molecule is CN(C)c1ccc(C2CC(c3ccc(Cl)cc3)=NN2C(=O)CN2C(=O)C(=O)c3cc(Cl)ccc32)cc1. The molecule has 2 aliphatic rings. The molecule has 0 aromatic heterocycles. The first kappa shape index (κ1) is 24.0. The number of ketones is 1. The van der Waals surface area contributed by atoms with Crippen molar-refractivity contribution in [2.75, 3.05) is 30.4 Å². The number of amides is 2. The van der Waals surface area contributed by atoms with Gasteiger partial charge >= 0.3 is 0 Å². The van der Waals surface area contributed by atoms with E-state index in [0.717, 1.165) is 22.5 Å². The molecule has 0 saturated heterocycles. The first-order chi connectivity index (χ1) is 17.2. The molecule has 182 valence electrons. The van der Waals surface area contributed by atoms with E-state index in [1.807, 2.05) is 55.4 Å². The number of fused-ring (bicyclic) bond motifs is 1. The van der Waals surface area contributed by atoms with Crippen LogP contribution in [0.4, 0.5) is 11.4 Å². The van der Waals surface area contributed by atoms with Crippen molar-refractivity contribution in [3.63, 3.8) is 0 Å². The van der Waals surface area contributed by atoms with Gasteiger partial charge in [-0.1, -0.05) is 47.5 Å². The van der Waals surface area contributed by atoms with Crippen LogP contribution in [0.2, 0.25) is 10.0 Å². The fraction of sp³-hybridized carbons (Fsp3) is 0.185. The summed E-state index contributed by atoms with van der Waals surface area (Å²) in [4.78, 5) is 42.0. The Morgan fingerprint density at radius 3 is 2.31 bits per heavy atom. The first-order valence-corrected chi connectivity index (χ1v) is 12.1. The maximum Gasteiger partial charge on any atom is 0.299 e. The maximum atomic E-state index is 13.6. The van der Waals surface area contributed by atoms with Crippen molar-refractivity contribution in [2.45, 2.75) is 12.5 Å². The second-order valence-corrected chi connectivity index (χ2v) is 9.75. The molecule has 1 atom stereocenters. The predicted octanol–water partition coefficient (Wildman–Crippen LogP) is 4.97. The molecule has 2 heterocycles. The molecule has 1 unspecified atom stereocenters. The molecule has 0 N–H and O–H groups in total. The third-order valence-electron chi connectivity index (χ3n) is 6.36. The molecule has 0 aliphatic carbocycles. The van der Waals surface area contributed by atoms with Gasteiger partial charge in [-0.15, -0.1) is 0 Å². The number of benzene rings is 3. The van der Waals surface area contributed by atoms with Crippen LogP contribution in [0.15, 0.2) is 71.8 Å². The molecule has 2 amide bonds. The Morgan fingerprint density at radius 1 is 0.972 bits per heavy atom. The summed E-state index contributed by atoms with van der Waals surface area (Å²) in [5.74, 6) is -1.83. The number of rotatable bonds is 5. The number of hydrogen-bond donors (Lipinski definition) is 0. The summed E-state index contributed by atoms with van der Waals surface area (Å²) in [6.45, 7) is -0.317. The van der Waals surface area contributed by atoms with E-state index in [2.05, 4.69) is 5.10 Å². The summed E-state index contributed by atoms with van der Waals surface area (Å²) in [7, 11) is 3.92. The highest BCUT2D eigenvalue weighted by Crippen LogP contribution is 2.36. The second-order valence-electron chi connectivity index (χ2n) is 8.88. The van der Waals surface area contributed by atoms with Gasteiger partial charge in [0.05, 0.1) is 23.0 Å². The van der Waals surface area contributed by atoms with Gasteiger partial charge in [0.25, 0.3) is 17.6 Å².